The van der Waals surface area contributed by atoms with E-state index < -0.39 is 48.0 Å². The molecule has 1 aliphatic carbocycles. The molecule has 0 radical (unpaired) electrons. The third-order valence-corrected chi connectivity index (χ3v) is 11.3. The molecule has 2 saturated heterocycles. The SMILES string of the molecule is CC(C)C1CC1(NC(=O)[C@@H](Cc1ccccc1)NC(=O)[C@H](N)Cc1ccccc1)C(=O)N[C@H](CCCCN)C(=O)N1CCC2(CC1)CN(C(=O)CO)C2. The van der Waals surface area contributed by atoms with Gasteiger partial charge in [-0.05, 0) is 74.5 Å². The molecule has 0 aromatic heterocycles. The highest BCUT2D eigenvalue weighted by molar-refractivity contribution is 5.99. The van der Waals surface area contributed by atoms with Crippen LogP contribution in [0.4, 0.5) is 0 Å². The van der Waals surface area contributed by atoms with Crippen molar-refractivity contribution in [2.75, 3.05) is 39.3 Å². The smallest absolute Gasteiger partial charge is 0.248 e. The van der Waals surface area contributed by atoms with Gasteiger partial charge >= 0.3 is 0 Å². The quantitative estimate of drug-likeness (QED) is 0.129. The number of rotatable bonds is 17. The van der Waals surface area contributed by atoms with Crippen molar-refractivity contribution < 1.29 is 29.1 Å². The molecule has 1 saturated carbocycles. The summed E-state index contributed by atoms with van der Waals surface area (Å²) in [6.07, 6.45) is 4.11. The molecule has 5 amide bonds. The van der Waals surface area contributed by atoms with E-state index >= 15 is 0 Å². The van der Waals surface area contributed by atoms with Gasteiger partial charge in [-0.2, -0.15) is 0 Å². The molecule has 3 fully saturated rings. The summed E-state index contributed by atoms with van der Waals surface area (Å²) in [5, 5.41) is 18.2. The molecule has 2 aromatic carbocycles. The summed E-state index contributed by atoms with van der Waals surface area (Å²) < 4.78 is 0. The van der Waals surface area contributed by atoms with Gasteiger partial charge in [0.2, 0.25) is 29.5 Å². The van der Waals surface area contributed by atoms with E-state index in [0.717, 1.165) is 24.0 Å². The molecule has 0 bridgehead atoms. The van der Waals surface area contributed by atoms with Crippen LogP contribution in [0, 0.1) is 17.3 Å². The van der Waals surface area contributed by atoms with E-state index in [1.54, 1.807) is 9.80 Å². The number of hydrogen-bond acceptors (Lipinski definition) is 8. The van der Waals surface area contributed by atoms with Gasteiger partial charge in [0.25, 0.3) is 0 Å². The minimum absolute atomic E-state index is 0.0517. The predicted molar refractivity (Wildman–Crippen MR) is 201 cm³/mol. The number of unbranched alkanes of at least 4 members (excludes halogenated alkanes) is 1. The van der Waals surface area contributed by atoms with E-state index in [1.807, 2.05) is 74.5 Å². The van der Waals surface area contributed by atoms with Crippen LogP contribution in [-0.2, 0) is 36.8 Å². The van der Waals surface area contributed by atoms with Crippen molar-refractivity contribution in [3.05, 3.63) is 71.8 Å². The molecule has 53 heavy (non-hydrogen) atoms. The molecule has 5 rings (SSSR count). The molecule has 2 heterocycles. The number of nitrogens with two attached hydrogens (primary N) is 2. The van der Waals surface area contributed by atoms with Gasteiger partial charge in [-0.1, -0.05) is 74.5 Å². The van der Waals surface area contributed by atoms with Gasteiger partial charge in [0, 0.05) is 38.0 Å². The first-order valence-corrected chi connectivity index (χ1v) is 19.0. The highest BCUT2D eigenvalue weighted by Gasteiger charge is 2.62. The highest BCUT2D eigenvalue weighted by Crippen LogP contribution is 2.49. The van der Waals surface area contributed by atoms with Gasteiger partial charge in [-0.15, -0.1) is 0 Å². The Balaban J connectivity index is 1.28. The summed E-state index contributed by atoms with van der Waals surface area (Å²) in [7, 11) is 0. The minimum atomic E-state index is -1.25. The van der Waals surface area contributed by atoms with E-state index in [0.29, 0.717) is 64.8 Å². The van der Waals surface area contributed by atoms with Crippen LogP contribution >= 0.6 is 0 Å². The average Bonchev–Trinajstić information content (AvgIpc) is 3.89. The summed E-state index contributed by atoms with van der Waals surface area (Å²) in [5.41, 5.74) is 12.5. The average molecular weight is 732 g/mol. The Morgan fingerprint density at radius 2 is 1.43 bits per heavy atom. The molecule has 1 spiro atoms. The summed E-state index contributed by atoms with van der Waals surface area (Å²) in [6, 6.07) is 16.1. The van der Waals surface area contributed by atoms with Crippen LogP contribution in [0.1, 0.15) is 63.5 Å². The van der Waals surface area contributed by atoms with E-state index in [2.05, 4.69) is 16.0 Å². The topological polar surface area (TPSA) is 200 Å². The fourth-order valence-corrected chi connectivity index (χ4v) is 7.97. The van der Waals surface area contributed by atoms with Crippen LogP contribution in [0.3, 0.4) is 0 Å². The fourth-order valence-electron chi connectivity index (χ4n) is 7.97. The number of benzene rings is 2. The number of carbonyl (C=O) groups is 5. The molecule has 2 aliphatic heterocycles. The van der Waals surface area contributed by atoms with E-state index in [9.17, 15) is 29.1 Å². The number of aliphatic hydroxyl groups excluding tert-OH is 1. The van der Waals surface area contributed by atoms with Crippen molar-refractivity contribution >= 4 is 29.5 Å². The summed E-state index contributed by atoms with van der Waals surface area (Å²) in [6.45, 7) is 6.13. The molecule has 13 heteroatoms. The summed E-state index contributed by atoms with van der Waals surface area (Å²) in [5.74, 6) is -1.93. The Labute approximate surface area is 312 Å². The van der Waals surface area contributed by atoms with Crippen molar-refractivity contribution in [1.82, 2.24) is 25.8 Å². The Morgan fingerprint density at radius 1 is 0.830 bits per heavy atom. The van der Waals surface area contributed by atoms with Crippen LogP contribution in [0.5, 0.6) is 0 Å². The highest BCUT2D eigenvalue weighted by atomic mass is 16.3. The third-order valence-electron chi connectivity index (χ3n) is 11.3. The number of hydrogen-bond donors (Lipinski definition) is 6. The van der Waals surface area contributed by atoms with Crippen LogP contribution in [0.15, 0.2) is 60.7 Å². The molecule has 13 nitrogen and oxygen atoms in total. The first kappa shape index (κ1) is 39.9. The zero-order chi connectivity index (χ0) is 38.2. The largest absolute Gasteiger partial charge is 0.387 e. The number of aliphatic hydroxyl groups is 1. The third kappa shape index (κ3) is 9.81. The second kappa shape index (κ2) is 17.7. The second-order valence-corrected chi connectivity index (χ2v) is 15.6. The number of amides is 5. The van der Waals surface area contributed by atoms with Crippen LogP contribution < -0.4 is 27.4 Å². The molecule has 3 aliphatic rings. The van der Waals surface area contributed by atoms with Crippen molar-refractivity contribution in [3.63, 3.8) is 0 Å². The number of piperidine rings is 1. The van der Waals surface area contributed by atoms with E-state index in [4.69, 9.17) is 11.5 Å². The Kier molecular flexibility index (Phi) is 13.3. The summed E-state index contributed by atoms with van der Waals surface area (Å²) in [4.78, 5) is 71.2. The Bertz CT molecular complexity index is 1570. The number of likely N-dealkylation sites (tertiary alicyclic amines) is 2. The van der Waals surface area contributed by atoms with Gasteiger partial charge in [-0.3, -0.25) is 24.0 Å². The van der Waals surface area contributed by atoms with Gasteiger partial charge < -0.3 is 42.3 Å². The lowest BCUT2D eigenvalue weighted by Gasteiger charge is -2.54. The number of nitrogens with zero attached hydrogens (tertiary/aromatic N) is 2. The molecule has 2 aromatic rings. The van der Waals surface area contributed by atoms with Crippen molar-refractivity contribution in [2.24, 2.45) is 28.7 Å². The first-order valence-electron chi connectivity index (χ1n) is 19.0. The fraction of sp³-hybridized carbons (Fsp3) is 0.575. The maximum atomic E-state index is 14.3. The molecule has 288 valence electrons. The number of carbonyl (C=O) groups excluding carboxylic acids is 5. The van der Waals surface area contributed by atoms with Crippen molar-refractivity contribution in [3.8, 4) is 0 Å². The van der Waals surface area contributed by atoms with Gasteiger partial charge in [0.1, 0.15) is 24.2 Å². The lowest BCUT2D eigenvalue weighted by molar-refractivity contribution is -0.153. The van der Waals surface area contributed by atoms with Gasteiger partial charge in [-0.25, -0.2) is 0 Å². The predicted octanol–water partition coefficient (Wildman–Crippen LogP) is 0.872. The van der Waals surface area contributed by atoms with Crippen molar-refractivity contribution in [2.45, 2.75) is 88.9 Å². The van der Waals surface area contributed by atoms with Crippen molar-refractivity contribution in [1.29, 1.82) is 0 Å². The minimum Gasteiger partial charge on any atom is -0.387 e. The standard InChI is InChI=1S/C40H57N7O6/c1-27(2)30-23-40(30,45-36(51)33(22-29-13-7-4-8-14-29)43-35(50)31(42)21-28-11-5-3-6-12-28)38(53)44-32(15-9-10-18-41)37(52)46-19-16-39(17-20-46)25-47(26-39)34(49)24-48/h3-8,11-14,27,30-33,48H,9-10,15-26,41-42H2,1-2H3,(H,43,50)(H,44,53)(H,45,51)/t30?,31-,32-,33-,40?/m1/s1. The zero-order valence-electron chi connectivity index (χ0n) is 31.1. The molecule has 5 atom stereocenters. The lowest BCUT2D eigenvalue weighted by Crippen LogP contribution is -2.64. The Hall–Kier alpha value is -4.33. The monoisotopic (exact) mass is 731 g/mol. The Morgan fingerprint density at radius 3 is 1.98 bits per heavy atom. The first-order chi connectivity index (χ1) is 25.4. The molecular weight excluding hydrogens is 674 g/mol. The van der Waals surface area contributed by atoms with Gasteiger partial charge in [0.15, 0.2) is 0 Å². The molecule has 8 N–H and O–H groups in total. The normalized spacial score (nSPS) is 22.0. The van der Waals surface area contributed by atoms with Crippen LogP contribution in [0.2, 0.25) is 0 Å². The van der Waals surface area contributed by atoms with E-state index in [1.165, 1.54) is 0 Å². The lowest BCUT2D eigenvalue weighted by atomic mass is 9.72. The van der Waals surface area contributed by atoms with Crippen LogP contribution in [-0.4, -0.2) is 107 Å². The van der Waals surface area contributed by atoms with E-state index in [-0.39, 0.29) is 35.5 Å². The second-order valence-electron chi connectivity index (χ2n) is 15.6. The zero-order valence-corrected chi connectivity index (χ0v) is 31.1. The number of nitrogens with one attached hydrogen (secondary N) is 3. The van der Waals surface area contributed by atoms with Crippen LogP contribution in [0.25, 0.3) is 0 Å². The van der Waals surface area contributed by atoms with Gasteiger partial charge in [0.05, 0.1) is 6.04 Å². The molecular formula is C40H57N7O6. The maximum Gasteiger partial charge on any atom is 0.248 e. The molecule has 2 unspecified atom stereocenters. The maximum absolute atomic E-state index is 14.3. The summed E-state index contributed by atoms with van der Waals surface area (Å²) >= 11 is 0.